The van der Waals surface area contributed by atoms with Gasteiger partial charge >= 0.3 is 13.1 Å². The lowest BCUT2D eigenvalue weighted by Gasteiger charge is -2.49. The number of nitro groups is 1. The molecule has 0 saturated heterocycles. The Morgan fingerprint density at radius 3 is 1.54 bits per heavy atom. The molecule has 0 heterocycles. The number of nitro benzene ring substituents is 1. The Morgan fingerprint density at radius 1 is 0.700 bits per heavy atom. The first-order valence-corrected chi connectivity index (χ1v) is 21.9. The van der Waals surface area contributed by atoms with Crippen LogP contribution in [0.25, 0.3) is 0 Å². The lowest BCUT2D eigenvalue weighted by molar-refractivity contribution is -0.384. The van der Waals surface area contributed by atoms with Crippen LogP contribution in [0.3, 0.4) is 0 Å². The molecule has 0 aliphatic carbocycles. The van der Waals surface area contributed by atoms with Crippen molar-refractivity contribution in [1.82, 2.24) is 21.3 Å². The van der Waals surface area contributed by atoms with Crippen LogP contribution < -0.4 is 26.7 Å². The molecule has 31 radical (unpaired) electrons. The van der Waals surface area contributed by atoms with Crippen LogP contribution in [0.2, 0.25) is 0 Å². The molecule has 1 aromatic carbocycles. The van der Waals surface area contributed by atoms with Crippen molar-refractivity contribution in [3.63, 3.8) is 0 Å². The number of unbranched alkanes of at least 4 members (excludes halogenated alkanes) is 1. The minimum atomic E-state index is -2.14. The number of benzene rings is 1. The maximum atomic E-state index is 13.0. The normalized spacial score (nSPS) is 11.3. The molecule has 0 aromatic heterocycles. The van der Waals surface area contributed by atoms with Crippen molar-refractivity contribution < 1.29 is 54.6 Å². The molecular weight excluding hydrogens is 863 g/mol. The summed E-state index contributed by atoms with van der Waals surface area (Å²) in [4.78, 5) is 59.7. The van der Waals surface area contributed by atoms with Crippen LogP contribution in [0.4, 0.5) is 5.69 Å². The molecule has 3 amide bonds. The first-order valence-electron chi connectivity index (χ1n) is 21.9. The van der Waals surface area contributed by atoms with Crippen molar-refractivity contribution in [3.8, 4) is 0 Å². The predicted molar refractivity (Wildman–Crippen MR) is 310 cm³/mol. The Hall–Kier alpha value is -1.79. The van der Waals surface area contributed by atoms with E-state index in [1.54, 1.807) is 0 Å². The number of hydrogen-bond donors (Lipinski definition) is 10. The summed E-state index contributed by atoms with van der Waals surface area (Å²) < 4.78 is 0. The molecule has 315 valence electrons. The number of rotatable bonds is 32. The molecule has 0 unspecified atom stereocenters. The number of aliphatic hydroxyl groups is 3. The number of nitrogens with one attached hydrogen (secondary N) is 4. The summed E-state index contributed by atoms with van der Waals surface area (Å²) in [5.41, 5.74) is -3.26. The highest BCUT2D eigenvalue weighted by molar-refractivity contribution is 8.26. The second-order valence-corrected chi connectivity index (χ2v) is 17.0. The average molecular weight is 899 g/mol. The van der Waals surface area contributed by atoms with Crippen LogP contribution in [-0.4, -0.2) is 323 Å². The minimum absolute atomic E-state index is 0.209. The molecule has 47 heteroatoms. The number of carboxylic acid groups (broad SMARTS) is 1. The van der Waals surface area contributed by atoms with Gasteiger partial charge in [0.15, 0.2) is 0 Å². The predicted octanol–water partition coefficient (Wildman–Crippen LogP) is -15.1. The number of carbonyl (C=O) groups is 4. The van der Waals surface area contributed by atoms with Crippen molar-refractivity contribution in [3.05, 3.63) is 33.9 Å². The van der Waals surface area contributed by atoms with E-state index in [9.17, 15) is 54.7 Å². The number of amides is 3. The zero-order chi connectivity index (χ0) is 54.4. The van der Waals surface area contributed by atoms with Gasteiger partial charge in [-0.2, -0.15) is 0 Å². The maximum Gasteiger partial charge on any atom is 0.488 e. The van der Waals surface area contributed by atoms with Gasteiger partial charge in [-0.15, -0.1) is 0 Å². The molecule has 2 atom stereocenters. The Kier molecular flexibility index (Phi) is 33.0. The van der Waals surface area contributed by atoms with E-state index in [0.29, 0.717) is 19.3 Å². The van der Waals surface area contributed by atoms with Crippen molar-refractivity contribution >= 4 is 248 Å². The van der Waals surface area contributed by atoms with Crippen LogP contribution in [0.1, 0.15) is 42.5 Å². The fourth-order valence-corrected chi connectivity index (χ4v) is 7.97. The highest BCUT2D eigenvalue weighted by Gasteiger charge is 2.51. The summed E-state index contributed by atoms with van der Waals surface area (Å²) in [6.07, 6.45) is -11.2. The summed E-state index contributed by atoms with van der Waals surface area (Å²) >= 11 is 0. The van der Waals surface area contributed by atoms with Gasteiger partial charge in [0.25, 0.3) is 11.6 Å². The van der Waals surface area contributed by atoms with Gasteiger partial charge in [-0.3, -0.25) is 29.3 Å². The molecular formula is C23H36B30N5O12. The first kappa shape index (κ1) is 68.2. The second kappa shape index (κ2) is 33.9. The third-order valence-corrected chi connectivity index (χ3v) is 11.7. The van der Waals surface area contributed by atoms with Gasteiger partial charge in [0.05, 0.1) is 24.7 Å². The molecule has 0 spiro atoms. The van der Waals surface area contributed by atoms with E-state index < -0.39 is 167 Å². The Labute approximate surface area is 438 Å². The van der Waals surface area contributed by atoms with Gasteiger partial charge < -0.3 is 51.7 Å². The maximum absolute atomic E-state index is 13.0. The van der Waals surface area contributed by atoms with Crippen LogP contribution in [0.15, 0.2) is 18.2 Å². The van der Waals surface area contributed by atoms with Gasteiger partial charge in [0, 0.05) is 237 Å². The molecule has 17 nitrogen and oxygen atoms in total. The smallest absolute Gasteiger partial charge is 0.480 e. The van der Waals surface area contributed by atoms with Crippen molar-refractivity contribution in [2.24, 2.45) is 0 Å². The van der Waals surface area contributed by atoms with Crippen LogP contribution in [0, 0.1) is 10.1 Å². The van der Waals surface area contributed by atoms with Crippen molar-refractivity contribution in [1.29, 1.82) is 0 Å². The molecule has 10 N–H and O–H groups in total. The molecule has 0 bridgehead atoms. The van der Waals surface area contributed by atoms with E-state index in [0.717, 1.165) is 18.2 Å². The highest BCUT2D eigenvalue weighted by atomic mass is 16.6. The van der Waals surface area contributed by atoms with Gasteiger partial charge in [0.1, 0.15) is 17.6 Å². The summed E-state index contributed by atoms with van der Waals surface area (Å²) in [5.74, 6) is -3.55. The topological polar surface area (TPSA) is 281 Å². The standard InChI is InChI=1S/C23H36BN5O12.B29/c1-25-18(22(36)37)4-2-3-7-26-19(33)6-5-17(21(35)28-23(11-30,12-31)13-32)27-20(34)14-8-15(24(38)39)10-16(9-14)29(40)41;1-16-24(17(2)3)28(25(18(4)5)19(6)7)29(26(20(8)9)21(10)11)27(22(12)13)23(14)15/h8-10,17-18,25,30-32,38-39H,2-7,11-13H2,1H3,(H,26,33)(H,27,34)(H,28,35)(H,36,37);/t17-,18-;/m0./s1. The molecule has 0 aliphatic heterocycles. The fraction of sp³-hybridized carbons (Fsp3) is 0.565. The third-order valence-electron chi connectivity index (χ3n) is 11.7. The van der Waals surface area contributed by atoms with Gasteiger partial charge in [-0.1, -0.05) is 0 Å². The number of aliphatic carboxylic acids is 1. The van der Waals surface area contributed by atoms with E-state index in [1.807, 2.05) is 0 Å². The van der Waals surface area contributed by atoms with Crippen molar-refractivity contribution in [2.45, 2.75) is 49.7 Å². The average Bonchev–Trinajstić information content (AvgIpc) is 3.26. The molecule has 1 aromatic rings. The minimum Gasteiger partial charge on any atom is -0.480 e. The molecule has 0 aliphatic rings. The molecule has 0 fully saturated rings. The summed E-state index contributed by atoms with van der Waals surface area (Å²) in [6.45, 7) is -2.40. The summed E-state index contributed by atoms with van der Waals surface area (Å²) in [5, 5.41) is 77.5. The molecule has 0 saturated carbocycles. The number of nitrogens with zero attached hydrogens (tertiary/aromatic N) is 1. The van der Waals surface area contributed by atoms with E-state index >= 15 is 0 Å². The zero-order valence-corrected chi connectivity index (χ0v) is 39.2. The molecule has 70 heavy (non-hydrogen) atoms. The molecule has 1 rings (SSSR count). The highest BCUT2D eigenvalue weighted by Crippen LogP contribution is 2.15. The number of carbonyl (C=O) groups excluding carboxylic acids is 3. The Balaban J connectivity index is 0.00000145. The van der Waals surface area contributed by atoms with Crippen molar-refractivity contribution in [2.75, 3.05) is 33.4 Å². The Morgan fingerprint density at radius 2 is 1.17 bits per heavy atom. The number of likely N-dealkylation sites (N-methyl/N-ethyl adjacent to an activating group) is 1. The van der Waals surface area contributed by atoms with E-state index in [1.165, 1.54) is 14.1 Å². The number of non-ortho nitro benzene ring substituents is 1. The Bertz CT molecular complexity index is 1710. The SMILES string of the molecule is CN[C@@H](CCCCNC(=O)CC[C@H](NC(=O)c1cc(B(O)O)cc([N+](=O)[O-])c1)C(=O)NC(CO)(CO)CO)C(=O)O.[B][B]B(B([B])[B])B(B(B([B])[B])B([B])[B])B(B(B([B])[B])B([B])[B])B(B([B])[B])B([B])[B]. The summed E-state index contributed by atoms with van der Waals surface area (Å²) in [7, 11) is 90.6. The van der Waals surface area contributed by atoms with E-state index in [2.05, 4.69) is 21.3 Å². The largest absolute Gasteiger partial charge is 0.488 e. The third kappa shape index (κ3) is 22.0. The van der Waals surface area contributed by atoms with Gasteiger partial charge in [0.2, 0.25) is 11.8 Å². The van der Waals surface area contributed by atoms with E-state index in [-0.39, 0.29) is 24.8 Å². The fourth-order valence-electron chi connectivity index (χ4n) is 7.97. The number of carboxylic acids is 1. The van der Waals surface area contributed by atoms with Gasteiger partial charge in [-0.05, 0) is 44.3 Å². The number of aliphatic hydroxyl groups excluding tert-OH is 3. The second-order valence-electron chi connectivity index (χ2n) is 17.0. The van der Waals surface area contributed by atoms with E-state index in [4.69, 9.17) is 121 Å². The summed E-state index contributed by atoms with van der Waals surface area (Å²) in [6, 6.07) is 0.420. The lowest BCUT2D eigenvalue weighted by Crippen LogP contribution is -2.87. The van der Waals surface area contributed by atoms with Crippen LogP contribution >= 0.6 is 0 Å². The van der Waals surface area contributed by atoms with Crippen LogP contribution in [-0.2, 0) is 14.4 Å². The first-order chi connectivity index (χ1) is 32.5. The zero-order valence-electron chi connectivity index (χ0n) is 39.2. The van der Waals surface area contributed by atoms with Gasteiger partial charge in [-0.25, -0.2) is 0 Å². The number of hydrogen-bond acceptors (Lipinski definition) is 12. The quantitative estimate of drug-likeness (QED) is 0.0140. The lowest BCUT2D eigenvalue weighted by atomic mass is 8.32. The monoisotopic (exact) mass is 905 g/mol. The van der Waals surface area contributed by atoms with Crippen LogP contribution in [0.5, 0.6) is 0 Å².